The van der Waals surface area contributed by atoms with E-state index in [2.05, 4.69) is 0 Å². The molecule has 24 heavy (non-hydrogen) atoms. The summed E-state index contributed by atoms with van der Waals surface area (Å²) in [7, 11) is -18.2. The number of carbonyl (C=O) groups is 1. The number of hydrogen-bond donors (Lipinski definition) is 10. The van der Waals surface area contributed by atoms with Gasteiger partial charge in [-0.25, -0.2) is 0 Å². The van der Waals surface area contributed by atoms with Gasteiger partial charge in [-0.15, -0.1) is 0 Å². The van der Waals surface area contributed by atoms with Gasteiger partial charge in [0.15, 0.2) is 11.8 Å². The van der Waals surface area contributed by atoms with Crippen LogP contribution >= 0.6 is 30.4 Å². The van der Waals surface area contributed by atoms with Gasteiger partial charge in [-0.3, -0.25) is 23.1 Å². The second kappa shape index (κ2) is 10.9. The fraction of sp³-hybridized carbons (Fsp3) is 0.800. The van der Waals surface area contributed by atoms with E-state index in [4.69, 9.17) is 50.0 Å². The quantitative estimate of drug-likeness (QED) is 0.207. The Kier molecular flexibility index (Phi) is 13.1. The molecule has 0 amide bonds. The van der Waals surface area contributed by atoms with E-state index in [1.165, 1.54) is 6.92 Å². The minimum atomic E-state index is -4.55. The van der Waals surface area contributed by atoms with E-state index in [1.54, 1.807) is 0 Å². The van der Waals surface area contributed by atoms with E-state index in [1.807, 2.05) is 0 Å². The highest BCUT2D eigenvalue weighted by atomic mass is 31.2. The van der Waals surface area contributed by atoms with Crippen LogP contribution in [-0.2, 0) is 23.1 Å². The van der Waals surface area contributed by atoms with Gasteiger partial charge < -0.3 is 50.0 Å². The molecule has 0 saturated heterocycles. The Morgan fingerprint density at radius 1 is 0.750 bits per heavy atom. The van der Waals surface area contributed by atoms with Crippen molar-refractivity contribution in [3.63, 3.8) is 0 Å². The fourth-order valence-electron chi connectivity index (χ4n) is 0.480. The summed E-state index contributed by atoms with van der Waals surface area (Å²) in [5.41, 5.74) is 4.84. The first kappa shape index (κ1) is 28.8. The van der Waals surface area contributed by atoms with Crippen LogP contribution in [0.25, 0.3) is 0 Å². The summed E-state index contributed by atoms with van der Waals surface area (Å²) in [6, 6.07) is -0.731. The molecule has 0 rings (SSSR count). The van der Waals surface area contributed by atoms with E-state index in [0.717, 1.165) is 0 Å². The molecule has 0 bridgehead atoms. The third-order valence-electron chi connectivity index (χ3n) is 1.13. The second-order valence-electron chi connectivity index (χ2n) is 4.07. The van der Waals surface area contributed by atoms with Crippen LogP contribution in [0.2, 0.25) is 0 Å². The van der Waals surface area contributed by atoms with Gasteiger partial charge in [0.1, 0.15) is 6.04 Å². The maximum atomic E-state index is 9.85. The molecule has 0 aromatic heterocycles. The van der Waals surface area contributed by atoms with Crippen molar-refractivity contribution in [1.29, 1.82) is 0 Å². The van der Waals surface area contributed by atoms with Crippen LogP contribution in [0.3, 0.4) is 0 Å². The van der Waals surface area contributed by atoms with Crippen molar-refractivity contribution < 1.29 is 67.3 Å². The van der Waals surface area contributed by atoms with Gasteiger partial charge in [0.05, 0.1) is 0 Å². The lowest BCUT2D eigenvalue weighted by molar-refractivity contribution is -0.138. The Hall–Kier alpha value is 0.0300. The molecular weight excluding hydrogens is 422 g/mol. The highest BCUT2D eigenvalue weighted by Gasteiger charge is 2.27. The van der Waals surface area contributed by atoms with Crippen LogP contribution in [0.15, 0.2) is 0 Å². The normalized spacial score (nSPS) is 13.8. The van der Waals surface area contributed by atoms with Gasteiger partial charge in [-0.1, -0.05) is 0 Å². The smallest absolute Gasteiger partial charge is 0.337 e. The number of carboxylic acids is 1. The summed E-state index contributed by atoms with van der Waals surface area (Å²) in [5.74, 6) is -3.71. The van der Waals surface area contributed by atoms with E-state index in [9.17, 15) is 23.1 Å². The molecule has 11 N–H and O–H groups in total. The molecule has 0 spiro atoms. The zero-order valence-electron chi connectivity index (χ0n) is 11.9. The first-order valence-corrected chi connectivity index (χ1v) is 12.4. The van der Waals surface area contributed by atoms with Crippen molar-refractivity contribution in [3.8, 4) is 0 Å². The van der Waals surface area contributed by atoms with Crippen molar-refractivity contribution in [2.75, 3.05) is 11.8 Å². The van der Waals surface area contributed by atoms with Gasteiger partial charge in [0.2, 0.25) is 0 Å². The summed E-state index contributed by atoms with van der Waals surface area (Å²) in [5, 5.41) is 7.87. The van der Waals surface area contributed by atoms with Gasteiger partial charge in [-0.05, 0) is 6.92 Å². The maximum absolute atomic E-state index is 9.85. The molecule has 0 heterocycles. The lowest BCUT2D eigenvalue weighted by Gasteiger charge is -2.03. The molecular formula is C5H19NO14P4. The summed E-state index contributed by atoms with van der Waals surface area (Å²) in [6.07, 6.45) is 0. The van der Waals surface area contributed by atoms with Crippen LogP contribution < -0.4 is 5.73 Å². The number of nitrogens with two attached hydrogens (primary N) is 1. The highest BCUT2D eigenvalue weighted by molar-refractivity contribution is 7.69. The lowest BCUT2D eigenvalue weighted by atomic mass is 10.4. The maximum Gasteiger partial charge on any atom is 0.337 e. The number of aliphatic carboxylic acids is 1. The van der Waals surface area contributed by atoms with E-state index in [-0.39, 0.29) is 0 Å². The summed E-state index contributed by atoms with van der Waals surface area (Å²) in [6.45, 7) is 1.42. The molecule has 148 valence electrons. The average molecular weight is 441 g/mol. The van der Waals surface area contributed by atoms with Crippen LogP contribution in [0.5, 0.6) is 0 Å². The Bertz CT molecular complexity index is 480. The van der Waals surface area contributed by atoms with E-state index >= 15 is 0 Å². The molecule has 1 unspecified atom stereocenters. The molecule has 0 aliphatic rings. The Morgan fingerprint density at radius 3 is 0.875 bits per heavy atom. The number of hydrogen-bond acceptors (Lipinski definition) is 6. The third-order valence-corrected chi connectivity index (χ3v) is 7.02. The standard InChI is InChI=1S/C3H7NO2.2CH6O6P2/c1-2(4)3(5)6;2*2-8(3,4)1-9(5,6)7/h2H,4H2,1H3,(H,5,6);2*1H2,(H2,2,3,4)(H2,5,6,7). The van der Waals surface area contributed by atoms with E-state index < -0.39 is 54.2 Å². The average Bonchev–Trinajstić information content (AvgIpc) is 2.05. The summed E-state index contributed by atoms with van der Waals surface area (Å²) >= 11 is 0. The van der Waals surface area contributed by atoms with Crippen molar-refractivity contribution in [2.24, 2.45) is 5.73 Å². The molecule has 19 heteroatoms. The van der Waals surface area contributed by atoms with Crippen molar-refractivity contribution >= 4 is 36.4 Å². The molecule has 0 aromatic carbocycles. The predicted octanol–water partition coefficient (Wildman–Crippen LogP) is -1.98. The molecule has 0 saturated carbocycles. The van der Waals surface area contributed by atoms with Gasteiger partial charge in [0.25, 0.3) is 0 Å². The molecule has 0 fully saturated rings. The second-order valence-corrected chi connectivity index (χ2v) is 11.6. The molecule has 1 atom stereocenters. The zero-order valence-corrected chi connectivity index (χ0v) is 15.5. The monoisotopic (exact) mass is 441 g/mol. The fourth-order valence-corrected chi connectivity index (χ4v) is 4.32. The lowest BCUT2D eigenvalue weighted by Crippen LogP contribution is -2.25. The SMILES string of the molecule is CC(N)C(=O)O.O=P(O)(O)CP(=O)(O)O.O=P(O)(O)CP(=O)(O)O. The first-order valence-electron chi connectivity index (χ1n) is 5.22. The van der Waals surface area contributed by atoms with Crippen molar-refractivity contribution in [2.45, 2.75) is 13.0 Å². The predicted molar refractivity (Wildman–Crippen MR) is 79.2 cm³/mol. The Labute approximate surface area is 135 Å². The van der Waals surface area contributed by atoms with Gasteiger partial charge in [-0.2, -0.15) is 0 Å². The van der Waals surface area contributed by atoms with Crippen LogP contribution in [0.4, 0.5) is 0 Å². The van der Waals surface area contributed by atoms with Crippen LogP contribution in [0, 0.1) is 0 Å². The topological polar surface area (TPSA) is 293 Å². The highest BCUT2D eigenvalue weighted by Crippen LogP contribution is 2.52. The number of carboxylic acid groups (broad SMARTS) is 1. The largest absolute Gasteiger partial charge is 0.480 e. The Morgan fingerprint density at radius 2 is 0.875 bits per heavy atom. The van der Waals surface area contributed by atoms with Crippen molar-refractivity contribution in [3.05, 3.63) is 0 Å². The molecule has 15 nitrogen and oxygen atoms in total. The minimum Gasteiger partial charge on any atom is -0.480 e. The van der Waals surface area contributed by atoms with Crippen molar-refractivity contribution in [1.82, 2.24) is 0 Å². The van der Waals surface area contributed by atoms with Gasteiger partial charge in [0, 0.05) is 0 Å². The minimum absolute atomic E-state index is 0.731. The van der Waals surface area contributed by atoms with Crippen LogP contribution in [0.1, 0.15) is 6.92 Å². The third kappa shape index (κ3) is 37.9. The zero-order chi connectivity index (χ0) is 20.6. The molecule has 0 aliphatic carbocycles. The van der Waals surface area contributed by atoms with Crippen LogP contribution in [-0.4, -0.2) is 68.1 Å². The first-order chi connectivity index (χ1) is 10.1. The Balaban J connectivity index is -0.000000282. The van der Waals surface area contributed by atoms with E-state index in [0.29, 0.717) is 0 Å². The molecule has 0 aliphatic heterocycles. The summed E-state index contributed by atoms with van der Waals surface area (Å²) in [4.78, 5) is 73.4. The number of rotatable bonds is 5. The molecule has 0 aromatic rings. The van der Waals surface area contributed by atoms with Gasteiger partial charge >= 0.3 is 36.4 Å². The summed E-state index contributed by atoms with van der Waals surface area (Å²) < 4.78 is 39.4. The molecule has 0 radical (unpaired) electrons.